The first-order valence-electron chi connectivity index (χ1n) is 13.2. The highest BCUT2D eigenvalue weighted by atomic mass is 32.2. The Balaban J connectivity index is 1.56. The summed E-state index contributed by atoms with van der Waals surface area (Å²) in [6.07, 6.45) is 4.40. The summed E-state index contributed by atoms with van der Waals surface area (Å²) in [7, 11) is -2.64. The highest BCUT2D eigenvalue weighted by Gasteiger charge is 2.35. The van der Waals surface area contributed by atoms with Crippen molar-refractivity contribution in [2.24, 2.45) is 0 Å². The number of halogens is 4. The van der Waals surface area contributed by atoms with Crippen molar-refractivity contribution in [1.29, 1.82) is 0 Å². The van der Waals surface area contributed by atoms with Crippen LogP contribution in [0.5, 0.6) is 0 Å². The Labute approximate surface area is 227 Å². The van der Waals surface area contributed by atoms with Crippen LogP contribution in [0, 0.1) is 12.7 Å². The zero-order chi connectivity index (χ0) is 27.6. The summed E-state index contributed by atoms with van der Waals surface area (Å²) in [5.74, 6) is 0.368. The second-order valence-corrected chi connectivity index (χ2v) is 11.9. The number of thioether (sulfide) groups is 1. The van der Waals surface area contributed by atoms with Crippen LogP contribution in [0.15, 0.2) is 41.3 Å². The fourth-order valence-corrected chi connectivity index (χ4v) is 6.73. The van der Waals surface area contributed by atoms with Crippen LogP contribution in [0.3, 0.4) is 0 Å². The summed E-state index contributed by atoms with van der Waals surface area (Å²) in [5, 5.41) is 3.07. The number of hydrogen-bond donors (Lipinski definition) is 2. The van der Waals surface area contributed by atoms with Crippen molar-refractivity contribution < 1.29 is 31.5 Å². The van der Waals surface area contributed by atoms with Gasteiger partial charge in [0, 0.05) is 16.0 Å². The summed E-state index contributed by atoms with van der Waals surface area (Å²) in [5.41, 5.74) is 1.98. The molecule has 3 rings (SSSR count). The van der Waals surface area contributed by atoms with Crippen LogP contribution < -0.4 is 5.32 Å². The lowest BCUT2D eigenvalue weighted by Gasteiger charge is -2.38. The lowest BCUT2D eigenvalue weighted by Crippen LogP contribution is -2.29. The average molecular weight is 575 g/mol. The molecule has 1 aliphatic rings. The van der Waals surface area contributed by atoms with E-state index in [2.05, 4.69) is 9.84 Å². The van der Waals surface area contributed by atoms with Gasteiger partial charge in [-0.2, -0.15) is 13.2 Å². The van der Waals surface area contributed by atoms with Crippen molar-refractivity contribution in [2.45, 2.75) is 87.7 Å². The Morgan fingerprint density at radius 3 is 2.45 bits per heavy atom. The van der Waals surface area contributed by atoms with Crippen molar-refractivity contribution in [3.63, 3.8) is 0 Å². The summed E-state index contributed by atoms with van der Waals surface area (Å²) < 4.78 is 70.2. The predicted molar refractivity (Wildman–Crippen MR) is 144 cm³/mol. The van der Waals surface area contributed by atoms with Gasteiger partial charge in [-0.3, -0.25) is 0 Å². The van der Waals surface area contributed by atoms with Gasteiger partial charge < -0.3 is 5.32 Å². The molecule has 1 unspecified atom stereocenters. The molecule has 2 aromatic carbocycles. The third-order valence-electron chi connectivity index (χ3n) is 7.33. The van der Waals surface area contributed by atoms with Crippen LogP contribution in [0.1, 0.15) is 80.0 Å². The molecule has 0 aliphatic heterocycles. The number of unbranched alkanes of at least 4 members (excludes halogenated alkanes) is 1. The summed E-state index contributed by atoms with van der Waals surface area (Å²) in [6.45, 7) is 2.65. The zero-order valence-corrected chi connectivity index (χ0v) is 23.5. The molecule has 2 aromatic rings. The van der Waals surface area contributed by atoms with Crippen LogP contribution >= 0.6 is 20.0 Å². The molecule has 1 aliphatic carbocycles. The molecule has 0 amide bonds. The van der Waals surface area contributed by atoms with Gasteiger partial charge in [-0.1, -0.05) is 37.8 Å². The fourth-order valence-electron chi connectivity index (χ4n) is 5.28. The van der Waals surface area contributed by atoms with Gasteiger partial charge in [-0.25, -0.2) is 4.39 Å². The molecule has 0 heterocycles. The summed E-state index contributed by atoms with van der Waals surface area (Å²) in [6, 6.07) is 9.71. The maximum Gasteiger partial charge on any atom is 0.694 e. The third kappa shape index (κ3) is 9.30. The molecule has 10 heteroatoms. The van der Waals surface area contributed by atoms with Crippen molar-refractivity contribution in [3.05, 3.63) is 64.5 Å². The van der Waals surface area contributed by atoms with Gasteiger partial charge in [0.05, 0.1) is 5.56 Å². The van der Waals surface area contributed by atoms with Crippen molar-refractivity contribution >= 4 is 20.0 Å². The monoisotopic (exact) mass is 574 g/mol. The first-order valence-corrected chi connectivity index (χ1v) is 15.3. The van der Waals surface area contributed by atoms with E-state index in [1.807, 2.05) is 19.1 Å². The molecule has 0 bridgehead atoms. The molecule has 1 saturated carbocycles. The minimum Gasteiger partial charge on any atom is -0.313 e. The standard InChI is InChI=1S/C28H36F4NO3PS/c1-21-18-26(25(28(30,31)32)19-22(21)20-33-15-7-16-36-37(34)35)38-17-6-5-14-27(12-3-2-4-13-27)23-8-10-24(29)11-9-23/h8-11,18-19,33H,2-7,12-17,20H2,1H3/p+1. The Morgan fingerprint density at radius 2 is 1.79 bits per heavy atom. The largest absolute Gasteiger partial charge is 0.694 e. The lowest BCUT2D eigenvalue weighted by molar-refractivity contribution is -0.139. The number of rotatable bonds is 14. The number of hydrogen-bond acceptors (Lipinski definition) is 4. The molecular formula is C28H37F4NO3PS+. The lowest BCUT2D eigenvalue weighted by atomic mass is 9.67. The van der Waals surface area contributed by atoms with Gasteiger partial charge in [0.25, 0.3) is 0 Å². The normalized spacial score (nSPS) is 16.0. The highest BCUT2D eigenvalue weighted by molar-refractivity contribution is 7.99. The number of alkyl halides is 3. The number of aryl methyl sites for hydroxylation is 1. The van der Waals surface area contributed by atoms with Gasteiger partial charge in [-0.05, 0) is 97.7 Å². The minimum atomic E-state index is -4.44. The van der Waals surface area contributed by atoms with E-state index < -0.39 is 20.0 Å². The van der Waals surface area contributed by atoms with E-state index in [0.717, 1.165) is 50.5 Å². The molecule has 0 saturated heterocycles. The van der Waals surface area contributed by atoms with Gasteiger partial charge >= 0.3 is 14.4 Å². The second kappa shape index (κ2) is 14.8. The molecule has 210 valence electrons. The van der Waals surface area contributed by atoms with Crippen LogP contribution in [0.2, 0.25) is 0 Å². The maximum atomic E-state index is 13.9. The van der Waals surface area contributed by atoms with Gasteiger partial charge in [-0.15, -0.1) is 21.2 Å². The van der Waals surface area contributed by atoms with E-state index in [1.165, 1.54) is 41.9 Å². The Hall–Kier alpha value is -1.51. The molecule has 38 heavy (non-hydrogen) atoms. The predicted octanol–water partition coefficient (Wildman–Crippen LogP) is 8.46. The maximum absolute atomic E-state index is 13.9. The van der Waals surface area contributed by atoms with Gasteiger partial charge in [0.1, 0.15) is 12.4 Å². The van der Waals surface area contributed by atoms with Crippen molar-refractivity contribution in [2.75, 3.05) is 18.9 Å². The molecule has 2 N–H and O–H groups in total. The quantitative estimate of drug-likeness (QED) is 0.103. The first-order chi connectivity index (χ1) is 18.1. The van der Waals surface area contributed by atoms with E-state index in [-0.39, 0.29) is 29.3 Å². The molecule has 1 atom stereocenters. The first kappa shape index (κ1) is 31.0. The van der Waals surface area contributed by atoms with E-state index in [0.29, 0.717) is 24.3 Å². The van der Waals surface area contributed by atoms with E-state index in [4.69, 9.17) is 4.89 Å². The smallest absolute Gasteiger partial charge is 0.313 e. The molecule has 4 nitrogen and oxygen atoms in total. The highest BCUT2D eigenvalue weighted by Crippen LogP contribution is 2.44. The van der Waals surface area contributed by atoms with Crippen molar-refractivity contribution in [1.82, 2.24) is 5.32 Å². The molecule has 1 fully saturated rings. The van der Waals surface area contributed by atoms with E-state index in [1.54, 1.807) is 6.07 Å². The Kier molecular flexibility index (Phi) is 12.0. The van der Waals surface area contributed by atoms with E-state index in [9.17, 15) is 22.1 Å². The van der Waals surface area contributed by atoms with Crippen LogP contribution in [0.4, 0.5) is 17.6 Å². The van der Waals surface area contributed by atoms with Crippen LogP contribution in [-0.2, 0) is 27.2 Å². The zero-order valence-electron chi connectivity index (χ0n) is 21.8. The van der Waals surface area contributed by atoms with Gasteiger partial charge in [0.2, 0.25) is 0 Å². The van der Waals surface area contributed by atoms with Crippen molar-refractivity contribution in [3.8, 4) is 0 Å². The number of nitrogens with one attached hydrogen (secondary N) is 1. The SMILES string of the molecule is Cc1cc(SCCCCC2(c3ccc(F)cc3)CCCCC2)c(C(F)(F)F)cc1CNCCCO[P+](=O)O. The molecule has 0 spiro atoms. The third-order valence-corrected chi connectivity index (χ3v) is 8.88. The van der Waals surface area contributed by atoms with Crippen LogP contribution in [0.25, 0.3) is 0 Å². The Morgan fingerprint density at radius 1 is 1.08 bits per heavy atom. The minimum absolute atomic E-state index is 0.0425. The molecule has 0 aromatic heterocycles. The molecular weight excluding hydrogens is 537 g/mol. The number of benzene rings is 2. The fraction of sp³-hybridized carbons (Fsp3) is 0.571. The topological polar surface area (TPSA) is 58.6 Å². The average Bonchev–Trinajstić information content (AvgIpc) is 2.87. The second-order valence-electron chi connectivity index (χ2n) is 10.0. The summed E-state index contributed by atoms with van der Waals surface area (Å²) >= 11 is 1.26. The van der Waals surface area contributed by atoms with Crippen LogP contribution in [-0.4, -0.2) is 23.8 Å². The Bertz CT molecular complexity index is 1040. The summed E-state index contributed by atoms with van der Waals surface area (Å²) in [4.78, 5) is 8.88. The van der Waals surface area contributed by atoms with E-state index >= 15 is 0 Å². The van der Waals surface area contributed by atoms with Gasteiger partial charge in [0.15, 0.2) is 0 Å². The molecule has 0 radical (unpaired) electrons.